The maximum atomic E-state index is 12.2. The Labute approximate surface area is 177 Å². The fourth-order valence-electron chi connectivity index (χ4n) is 4.75. The van der Waals surface area contributed by atoms with Crippen LogP contribution in [0, 0.1) is 30.1 Å². The van der Waals surface area contributed by atoms with Crippen LogP contribution in [-0.2, 0) is 4.79 Å². The number of nitrogens with zero attached hydrogens (tertiary/aromatic N) is 4. The number of aryl methyl sites for hydroxylation is 1. The number of thiophene rings is 1. The standard InChI is InChI=1S/C21H21N5O3S/c1-10-6-7-30-13(10)4-5-14-24-19(22-3)15-20(25-14)26(9-23-15)16-12-8-21(12,11(2)27)18(29)17(16)28/h6-7,9,12,16-18,28-29H,8H2,1-3H3,(H,22,24,25)/t12?,16-,17+,18?,21+/m1/s1. The topological polar surface area (TPSA) is 113 Å². The molecule has 0 spiro atoms. The van der Waals surface area contributed by atoms with Crippen LogP contribution in [0.25, 0.3) is 11.2 Å². The summed E-state index contributed by atoms with van der Waals surface area (Å²) in [7, 11) is 1.75. The Balaban J connectivity index is 1.61. The number of hydrogen-bond donors (Lipinski definition) is 3. The second-order valence-corrected chi connectivity index (χ2v) is 8.90. The summed E-state index contributed by atoms with van der Waals surface area (Å²) < 4.78 is 1.76. The van der Waals surface area contributed by atoms with Crippen LogP contribution in [0.3, 0.4) is 0 Å². The van der Waals surface area contributed by atoms with Gasteiger partial charge in [0.15, 0.2) is 17.0 Å². The molecule has 9 heteroatoms. The van der Waals surface area contributed by atoms with Crippen molar-refractivity contribution in [1.29, 1.82) is 0 Å². The summed E-state index contributed by atoms with van der Waals surface area (Å²) >= 11 is 1.56. The lowest BCUT2D eigenvalue weighted by Gasteiger charge is -2.23. The van der Waals surface area contributed by atoms with E-state index in [-0.39, 0.29) is 11.7 Å². The van der Waals surface area contributed by atoms with E-state index in [0.29, 0.717) is 29.2 Å². The summed E-state index contributed by atoms with van der Waals surface area (Å²) in [6.45, 7) is 3.48. The van der Waals surface area contributed by atoms with E-state index in [2.05, 4.69) is 32.1 Å². The Bertz CT molecular complexity index is 1240. The van der Waals surface area contributed by atoms with Crippen molar-refractivity contribution >= 4 is 34.1 Å². The fraction of sp³-hybridized carbons (Fsp3) is 0.429. The predicted molar refractivity (Wildman–Crippen MR) is 112 cm³/mol. The largest absolute Gasteiger partial charge is 0.389 e. The van der Waals surface area contributed by atoms with Crippen LogP contribution in [0.4, 0.5) is 5.82 Å². The van der Waals surface area contributed by atoms with Gasteiger partial charge in [-0.2, -0.15) is 0 Å². The number of fused-ring (bicyclic) bond motifs is 2. The molecule has 2 saturated carbocycles. The highest BCUT2D eigenvalue weighted by Crippen LogP contribution is 2.68. The van der Waals surface area contributed by atoms with Gasteiger partial charge in [0, 0.05) is 7.05 Å². The first kappa shape index (κ1) is 19.2. The highest BCUT2D eigenvalue weighted by molar-refractivity contribution is 7.10. The number of Topliss-reactive ketones (excluding diaryl/α,β-unsaturated/α-hetero) is 1. The lowest BCUT2D eigenvalue weighted by molar-refractivity contribution is -0.128. The third-order valence-corrected chi connectivity index (χ3v) is 7.39. The van der Waals surface area contributed by atoms with Gasteiger partial charge in [0.25, 0.3) is 0 Å². The summed E-state index contributed by atoms with van der Waals surface area (Å²) in [6.07, 6.45) is -0.00901. The van der Waals surface area contributed by atoms with Crippen molar-refractivity contribution < 1.29 is 15.0 Å². The number of aromatic nitrogens is 4. The third kappa shape index (κ3) is 2.54. The van der Waals surface area contributed by atoms with Gasteiger partial charge in [-0.25, -0.2) is 15.0 Å². The normalized spacial score (nSPS) is 29.4. The van der Waals surface area contributed by atoms with Crippen molar-refractivity contribution in [3.05, 3.63) is 34.0 Å². The van der Waals surface area contributed by atoms with E-state index in [1.165, 1.54) is 6.92 Å². The first-order chi connectivity index (χ1) is 14.4. The number of imidazole rings is 1. The third-order valence-electron chi connectivity index (χ3n) is 6.46. The van der Waals surface area contributed by atoms with Gasteiger partial charge < -0.3 is 20.1 Å². The van der Waals surface area contributed by atoms with Gasteiger partial charge >= 0.3 is 0 Å². The van der Waals surface area contributed by atoms with Crippen LogP contribution in [-0.4, -0.2) is 54.8 Å². The molecule has 0 aromatic carbocycles. The molecule has 0 amide bonds. The molecule has 3 aromatic heterocycles. The monoisotopic (exact) mass is 423 g/mol. The number of carbonyl (C=O) groups is 1. The minimum absolute atomic E-state index is 0.0885. The summed E-state index contributed by atoms with van der Waals surface area (Å²) in [6, 6.07) is 1.53. The van der Waals surface area contributed by atoms with E-state index in [9.17, 15) is 15.0 Å². The van der Waals surface area contributed by atoms with Crippen molar-refractivity contribution in [2.45, 2.75) is 38.5 Å². The zero-order chi connectivity index (χ0) is 21.2. The second kappa shape index (κ2) is 6.60. The molecule has 2 aliphatic carbocycles. The van der Waals surface area contributed by atoms with Crippen LogP contribution in [0.5, 0.6) is 0 Å². The van der Waals surface area contributed by atoms with Crippen LogP contribution in [0.1, 0.15) is 35.7 Å². The van der Waals surface area contributed by atoms with Crippen LogP contribution >= 0.6 is 11.3 Å². The zero-order valence-electron chi connectivity index (χ0n) is 16.7. The van der Waals surface area contributed by atoms with E-state index in [0.717, 1.165) is 10.4 Å². The Kier molecular flexibility index (Phi) is 4.22. The second-order valence-electron chi connectivity index (χ2n) is 7.99. The number of nitrogens with one attached hydrogen (secondary N) is 1. The highest BCUT2D eigenvalue weighted by atomic mass is 32.1. The van der Waals surface area contributed by atoms with E-state index >= 15 is 0 Å². The Hall–Kier alpha value is -2.80. The van der Waals surface area contributed by atoms with E-state index < -0.39 is 23.7 Å². The van der Waals surface area contributed by atoms with Crippen LogP contribution < -0.4 is 5.32 Å². The number of hydrogen-bond acceptors (Lipinski definition) is 8. The minimum atomic E-state index is -1.09. The molecule has 3 aromatic rings. The molecule has 0 bridgehead atoms. The lowest BCUT2D eigenvalue weighted by atomic mass is 9.95. The average Bonchev–Trinajstić information content (AvgIpc) is 2.99. The fourth-order valence-corrected chi connectivity index (χ4v) is 5.52. The molecule has 30 heavy (non-hydrogen) atoms. The maximum absolute atomic E-state index is 12.2. The molecule has 2 unspecified atom stereocenters. The molecule has 5 atom stereocenters. The van der Waals surface area contributed by atoms with Gasteiger partial charge in [0.1, 0.15) is 11.9 Å². The smallest absolute Gasteiger partial charge is 0.209 e. The number of ketones is 1. The molecule has 2 fully saturated rings. The molecule has 0 radical (unpaired) electrons. The Morgan fingerprint density at radius 1 is 1.37 bits per heavy atom. The summed E-state index contributed by atoms with van der Waals surface area (Å²) in [4.78, 5) is 26.6. The molecule has 3 N–H and O–H groups in total. The Morgan fingerprint density at radius 3 is 2.80 bits per heavy atom. The average molecular weight is 423 g/mol. The van der Waals surface area contributed by atoms with Crippen molar-refractivity contribution in [1.82, 2.24) is 19.5 Å². The van der Waals surface area contributed by atoms with Crippen LogP contribution in [0.15, 0.2) is 17.8 Å². The van der Waals surface area contributed by atoms with Gasteiger partial charge in [-0.3, -0.25) is 4.79 Å². The number of anilines is 1. The summed E-state index contributed by atoms with van der Waals surface area (Å²) in [5.41, 5.74) is 1.31. The first-order valence-corrected chi connectivity index (χ1v) is 10.6. The molecule has 154 valence electrons. The van der Waals surface area contributed by atoms with Crippen molar-refractivity contribution in [3.8, 4) is 11.8 Å². The van der Waals surface area contributed by atoms with Gasteiger partial charge in [0.2, 0.25) is 5.82 Å². The molecular weight excluding hydrogens is 402 g/mol. The number of carbonyl (C=O) groups excluding carboxylic acids is 1. The molecule has 0 saturated heterocycles. The van der Waals surface area contributed by atoms with E-state index in [1.54, 1.807) is 29.3 Å². The predicted octanol–water partition coefficient (Wildman–Crippen LogP) is 1.51. The zero-order valence-corrected chi connectivity index (χ0v) is 17.6. The van der Waals surface area contributed by atoms with Crippen molar-refractivity contribution in [2.75, 3.05) is 12.4 Å². The van der Waals surface area contributed by atoms with Crippen molar-refractivity contribution in [2.24, 2.45) is 11.3 Å². The maximum Gasteiger partial charge on any atom is 0.209 e. The molecule has 5 rings (SSSR count). The van der Waals surface area contributed by atoms with E-state index in [4.69, 9.17) is 0 Å². The molecule has 8 nitrogen and oxygen atoms in total. The van der Waals surface area contributed by atoms with Gasteiger partial charge in [0.05, 0.1) is 28.8 Å². The molecule has 2 aliphatic rings. The quantitative estimate of drug-likeness (QED) is 0.547. The van der Waals surface area contributed by atoms with Crippen molar-refractivity contribution in [3.63, 3.8) is 0 Å². The molecular formula is C21H21N5O3S. The SMILES string of the molecule is CNc1nc(C#Cc2sccc2C)nc2c1ncn2[C@@H]1C2C[C@@]2(C(C)=O)C(O)[C@H]1O. The summed E-state index contributed by atoms with van der Waals surface area (Å²) in [5.74, 6) is 6.77. The number of rotatable bonds is 3. The first-order valence-electron chi connectivity index (χ1n) is 9.74. The van der Waals surface area contributed by atoms with Crippen LogP contribution in [0.2, 0.25) is 0 Å². The van der Waals surface area contributed by atoms with Gasteiger partial charge in [-0.15, -0.1) is 11.3 Å². The lowest BCUT2D eigenvalue weighted by Crippen LogP contribution is -2.36. The summed E-state index contributed by atoms with van der Waals surface area (Å²) in [5, 5.41) is 26.3. The number of aliphatic hydroxyl groups is 2. The van der Waals surface area contributed by atoms with Gasteiger partial charge in [-0.1, -0.05) is 0 Å². The molecule has 0 aliphatic heterocycles. The Morgan fingerprint density at radius 2 is 2.17 bits per heavy atom. The molecule has 3 heterocycles. The van der Waals surface area contributed by atoms with E-state index in [1.807, 2.05) is 18.4 Å². The van der Waals surface area contributed by atoms with Gasteiger partial charge in [-0.05, 0) is 55.0 Å². The number of aliphatic hydroxyl groups excluding tert-OH is 2. The highest BCUT2D eigenvalue weighted by Gasteiger charge is 2.74. The minimum Gasteiger partial charge on any atom is -0.389 e.